The summed E-state index contributed by atoms with van der Waals surface area (Å²) in [6.45, 7) is 13.3. The molecule has 5 heteroatoms. The molecule has 0 aliphatic heterocycles. The zero-order valence-electron chi connectivity index (χ0n) is 14.8. The number of nitrogens with zero attached hydrogens (tertiary/aromatic N) is 2. The van der Waals surface area contributed by atoms with Crippen LogP contribution in [0.4, 0.5) is 5.69 Å². The molecule has 0 aromatic heterocycles. The molecule has 0 fully saturated rings. The fraction of sp³-hybridized carbons (Fsp3) is 0.750. The molecule has 0 heterocycles. The van der Waals surface area contributed by atoms with Crippen molar-refractivity contribution in [3.63, 3.8) is 0 Å². The number of hydrogen-bond acceptors (Lipinski definition) is 4. The Labute approximate surface area is 143 Å². The second-order valence-corrected chi connectivity index (χ2v) is 4.74. The first-order valence-electron chi connectivity index (χ1n) is 7.76. The van der Waals surface area contributed by atoms with Crippen LogP contribution in [0.2, 0.25) is 0 Å². The number of anilines is 1. The SMILES string of the molecule is CC.CC.CCCN(C)CCCN(C)c1cc(=S)c1=O.S. The Kier molecular flexibility index (Phi) is 19.5. The Balaban J connectivity index is -0.000000595. The van der Waals surface area contributed by atoms with Crippen LogP contribution in [0.3, 0.4) is 0 Å². The molecule has 0 spiro atoms. The van der Waals surface area contributed by atoms with Gasteiger partial charge in [-0.2, -0.15) is 13.5 Å². The van der Waals surface area contributed by atoms with Gasteiger partial charge in [0.25, 0.3) is 0 Å². The molecule has 1 rings (SSSR count). The molecule has 126 valence electrons. The molecular weight excluding hydrogens is 300 g/mol. The van der Waals surface area contributed by atoms with E-state index in [0.717, 1.165) is 31.7 Å². The number of rotatable bonds is 7. The molecule has 21 heavy (non-hydrogen) atoms. The quantitative estimate of drug-likeness (QED) is 0.704. The lowest BCUT2D eigenvalue weighted by atomic mass is 10.2. The van der Waals surface area contributed by atoms with Crippen LogP contribution in [-0.2, 0) is 0 Å². The standard InChI is InChI=1S/C12H20N2OS.2C2H6.H2S/c1-4-6-13(2)7-5-8-14(3)10-9-11(16)12(10)15;2*1-2;/h9H,4-8H2,1-3H3;2*1-2H3;1H2. The first kappa shape index (κ1) is 25.6. The van der Waals surface area contributed by atoms with Gasteiger partial charge in [-0.3, -0.25) is 4.79 Å². The lowest BCUT2D eigenvalue weighted by Crippen LogP contribution is -2.30. The minimum atomic E-state index is 0. The van der Waals surface area contributed by atoms with Crippen molar-refractivity contribution >= 4 is 31.4 Å². The van der Waals surface area contributed by atoms with E-state index in [0.29, 0.717) is 4.51 Å². The van der Waals surface area contributed by atoms with Gasteiger partial charge in [0, 0.05) is 13.6 Å². The Hall–Kier alpha value is -0.390. The summed E-state index contributed by atoms with van der Waals surface area (Å²) in [5.74, 6) is 0. The Bertz CT molecular complexity index is 401. The van der Waals surface area contributed by atoms with E-state index in [4.69, 9.17) is 12.2 Å². The van der Waals surface area contributed by atoms with Crippen LogP contribution in [0.25, 0.3) is 0 Å². The van der Waals surface area contributed by atoms with E-state index in [-0.39, 0.29) is 18.9 Å². The second-order valence-electron chi connectivity index (χ2n) is 4.30. The van der Waals surface area contributed by atoms with Gasteiger partial charge in [-0.15, -0.1) is 0 Å². The highest BCUT2D eigenvalue weighted by Gasteiger charge is 2.10. The van der Waals surface area contributed by atoms with Gasteiger partial charge in [-0.05, 0) is 39.0 Å². The topological polar surface area (TPSA) is 23.6 Å². The molecular formula is C16H34N2OS2. The highest BCUT2D eigenvalue weighted by Crippen LogP contribution is 2.10. The molecule has 0 aliphatic carbocycles. The van der Waals surface area contributed by atoms with Gasteiger partial charge in [-0.25, -0.2) is 0 Å². The summed E-state index contributed by atoms with van der Waals surface area (Å²) in [7, 11) is 4.08. The summed E-state index contributed by atoms with van der Waals surface area (Å²) in [6.07, 6.45) is 2.26. The summed E-state index contributed by atoms with van der Waals surface area (Å²) in [5.41, 5.74) is 0.794. The first-order valence-corrected chi connectivity index (χ1v) is 8.17. The van der Waals surface area contributed by atoms with Crippen LogP contribution in [-0.4, -0.2) is 38.6 Å². The van der Waals surface area contributed by atoms with Crippen LogP contribution in [0.1, 0.15) is 47.5 Å². The van der Waals surface area contributed by atoms with Crippen LogP contribution in [0, 0.1) is 4.51 Å². The van der Waals surface area contributed by atoms with E-state index in [9.17, 15) is 4.79 Å². The van der Waals surface area contributed by atoms with Crippen molar-refractivity contribution in [1.82, 2.24) is 4.90 Å². The van der Waals surface area contributed by atoms with Gasteiger partial charge in [0.05, 0.1) is 10.2 Å². The molecule has 3 nitrogen and oxygen atoms in total. The summed E-state index contributed by atoms with van der Waals surface area (Å²) in [4.78, 5) is 15.7. The zero-order valence-corrected chi connectivity index (χ0v) is 16.6. The minimum Gasteiger partial charge on any atom is -0.371 e. The molecule has 0 N–H and O–H groups in total. The maximum Gasteiger partial charge on any atom is 0.219 e. The maximum atomic E-state index is 11.3. The Morgan fingerprint density at radius 1 is 1.05 bits per heavy atom. The molecule has 1 aromatic rings. The highest BCUT2D eigenvalue weighted by molar-refractivity contribution is 7.71. The van der Waals surface area contributed by atoms with Crippen molar-refractivity contribution in [1.29, 1.82) is 0 Å². The normalized spacial score (nSPS) is 9.14. The number of hydrogen-bond donors (Lipinski definition) is 0. The zero-order chi connectivity index (χ0) is 16.1. The molecule has 0 saturated heterocycles. The lowest BCUT2D eigenvalue weighted by Gasteiger charge is -2.22. The van der Waals surface area contributed by atoms with Gasteiger partial charge in [0.1, 0.15) is 0 Å². The van der Waals surface area contributed by atoms with Crippen LogP contribution in [0.15, 0.2) is 10.9 Å². The third kappa shape index (κ3) is 10.0. The predicted octanol–water partition coefficient (Wildman–Crippen LogP) is 3.99. The van der Waals surface area contributed by atoms with E-state index in [1.54, 1.807) is 6.07 Å². The third-order valence-electron chi connectivity index (χ3n) is 2.77. The van der Waals surface area contributed by atoms with E-state index >= 15 is 0 Å². The Morgan fingerprint density at radius 3 is 1.95 bits per heavy atom. The molecule has 0 atom stereocenters. The summed E-state index contributed by atoms with van der Waals surface area (Å²) in [6, 6.07) is 1.79. The molecule has 1 aromatic carbocycles. The monoisotopic (exact) mass is 334 g/mol. The van der Waals surface area contributed by atoms with Crippen LogP contribution < -0.4 is 10.3 Å². The average molecular weight is 335 g/mol. The van der Waals surface area contributed by atoms with Crippen molar-refractivity contribution in [3.05, 3.63) is 20.8 Å². The van der Waals surface area contributed by atoms with Crippen molar-refractivity contribution in [2.75, 3.05) is 38.6 Å². The fourth-order valence-electron chi connectivity index (χ4n) is 1.78. The van der Waals surface area contributed by atoms with Gasteiger partial charge in [0.2, 0.25) is 5.43 Å². The fourth-order valence-corrected chi connectivity index (χ4v) is 2.00. The Morgan fingerprint density at radius 2 is 1.57 bits per heavy atom. The molecule has 0 bridgehead atoms. The molecule has 0 unspecified atom stereocenters. The van der Waals surface area contributed by atoms with Crippen molar-refractivity contribution in [2.24, 2.45) is 0 Å². The van der Waals surface area contributed by atoms with Crippen molar-refractivity contribution in [2.45, 2.75) is 47.5 Å². The van der Waals surface area contributed by atoms with Gasteiger partial charge in [-0.1, -0.05) is 46.8 Å². The third-order valence-corrected chi connectivity index (χ3v) is 3.08. The summed E-state index contributed by atoms with van der Waals surface area (Å²) in [5, 5.41) is 0. The average Bonchev–Trinajstić information content (AvgIpc) is 2.48. The molecule has 0 radical (unpaired) electrons. The van der Waals surface area contributed by atoms with E-state index in [1.165, 1.54) is 6.42 Å². The largest absolute Gasteiger partial charge is 0.371 e. The van der Waals surface area contributed by atoms with Crippen molar-refractivity contribution < 1.29 is 0 Å². The van der Waals surface area contributed by atoms with Crippen LogP contribution >= 0.6 is 25.7 Å². The summed E-state index contributed by atoms with van der Waals surface area (Å²) >= 11 is 4.83. The lowest BCUT2D eigenvalue weighted by molar-refractivity contribution is 0.331. The van der Waals surface area contributed by atoms with Gasteiger partial charge in [0.15, 0.2) is 0 Å². The van der Waals surface area contributed by atoms with E-state index < -0.39 is 0 Å². The molecule has 0 amide bonds. The maximum absolute atomic E-state index is 11.3. The van der Waals surface area contributed by atoms with Crippen molar-refractivity contribution in [3.8, 4) is 0 Å². The smallest absolute Gasteiger partial charge is 0.219 e. The summed E-state index contributed by atoms with van der Waals surface area (Å²) < 4.78 is 0.463. The molecule has 0 saturated carbocycles. The first-order chi connectivity index (χ1) is 9.56. The minimum absolute atomic E-state index is 0. The van der Waals surface area contributed by atoms with Crippen LogP contribution in [0.5, 0.6) is 0 Å². The molecule has 0 aliphatic rings. The predicted molar refractivity (Wildman–Crippen MR) is 105 cm³/mol. The highest BCUT2D eigenvalue weighted by atomic mass is 32.1. The van der Waals surface area contributed by atoms with Gasteiger partial charge >= 0.3 is 0 Å². The van der Waals surface area contributed by atoms with E-state index in [1.807, 2.05) is 39.6 Å². The van der Waals surface area contributed by atoms with Gasteiger partial charge < -0.3 is 9.80 Å². The second kappa shape index (κ2) is 16.0. The van der Waals surface area contributed by atoms with E-state index in [2.05, 4.69) is 18.9 Å².